The summed E-state index contributed by atoms with van der Waals surface area (Å²) in [6.07, 6.45) is 3.87. The van der Waals surface area contributed by atoms with Gasteiger partial charge in [-0.25, -0.2) is 0 Å². The average Bonchev–Trinajstić information content (AvgIpc) is 3.48. The molecule has 0 amide bonds. The SMILES string of the molecule is COc1cccc(-n2cccc2[C@H]2[C@H](c3ccccn3)NC(=S)N2c2ccccc2OC)c1. The molecule has 0 spiro atoms. The largest absolute Gasteiger partial charge is 0.497 e. The first-order valence-electron chi connectivity index (χ1n) is 10.7. The molecule has 1 saturated heterocycles. The van der Waals surface area contributed by atoms with Gasteiger partial charge in [-0.15, -0.1) is 0 Å². The van der Waals surface area contributed by atoms with E-state index in [9.17, 15) is 0 Å². The van der Waals surface area contributed by atoms with E-state index in [0.717, 1.165) is 34.3 Å². The van der Waals surface area contributed by atoms with Gasteiger partial charge in [-0.2, -0.15) is 0 Å². The third-order valence-electron chi connectivity index (χ3n) is 5.86. The van der Waals surface area contributed by atoms with Gasteiger partial charge in [0.25, 0.3) is 0 Å². The number of hydrogen-bond donors (Lipinski definition) is 1. The molecule has 1 aliphatic rings. The molecule has 0 aliphatic carbocycles. The second kappa shape index (κ2) is 8.96. The summed E-state index contributed by atoms with van der Waals surface area (Å²) in [5, 5.41) is 4.13. The molecule has 0 unspecified atom stereocenters. The van der Waals surface area contributed by atoms with Crippen LogP contribution >= 0.6 is 12.2 Å². The van der Waals surface area contributed by atoms with Crippen LogP contribution in [-0.4, -0.2) is 28.9 Å². The first kappa shape index (κ1) is 21.0. The van der Waals surface area contributed by atoms with Crippen molar-refractivity contribution < 1.29 is 9.47 Å². The van der Waals surface area contributed by atoms with E-state index >= 15 is 0 Å². The Morgan fingerprint density at radius 2 is 1.76 bits per heavy atom. The second-order valence-electron chi connectivity index (χ2n) is 7.67. The lowest BCUT2D eigenvalue weighted by Crippen LogP contribution is -2.30. The maximum absolute atomic E-state index is 5.86. The van der Waals surface area contributed by atoms with E-state index in [1.54, 1.807) is 14.2 Å². The number of benzene rings is 2. The van der Waals surface area contributed by atoms with Crippen LogP contribution in [0.5, 0.6) is 11.5 Å². The van der Waals surface area contributed by atoms with E-state index < -0.39 is 0 Å². The van der Waals surface area contributed by atoms with Crippen LogP contribution in [0.2, 0.25) is 0 Å². The van der Waals surface area contributed by atoms with Crippen molar-refractivity contribution in [2.45, 2.75) is 12.1 Å². The van der Waals surface area contributed by atoms with Crippen molar-refractivity contribution in [3.8, 4) is 17.2 Å². The summed E-state index contributed by atoms with van der Waals surface area (Å²) in [5.41, 5.74) is 3.89. The quantitative estimate of drug-likeness (QED) is 0.409. The summed E-state index contributed by atoms with van der Waals surface area (Å²) in [6.45, 7) is 0. The number of anilines is 1. The van der Waals surface area contributed by atoms with E-state index in [4.69, 9.17) is 21.7 Å². The Morgan fingerprint density at radius 3 is 2.55 bits per heavy atom. The normalized spacial score (nSPS) is 17.6. The molecular weight excluding hydrogens is 432 g/mol. The molecule has 5 rings (SSSR count). The molecule has 2 atom stereocenters. The lowest BCUT2D eigenvalue weighted by atomic mass is 10.0. The highest BCUT2D eigenvalue weighted by Crippen LogP contribution is 2.44. The topological polar surface area (TPSA) is 51.5 Å². The fraction of sp³-hybridized carbons (Fsp3) is 0.154. The van der Waals surface area contributed by atoms with Crippen LogP contribution in [0, 0.1) is 0 Å². The third-order valence-corrected chi connectivity index (χ3v) is 6.17. The van der Waals surface area contributed by atoms with Crippen molar-refractivity contribution in [1.29, 1.82) is 0 Å². The molecule has 1 aliphatic heterocycles. The molecule has 7 heteroatoms. The molecule has 1 fully saturated rings. The monoisotopic (exact) mass is 456 g/mol. The molecule has 0 saturated carbocycles. The molecule has 166 valence electrons. The number of nitrogens with one attached hydrogen (secondary N) is 1. The molecule has 0 bridgehead atoms. The Labute approximate surface area is 198 Å². The second-order valence-corrected chi connectivity index (χ2v) is 8.06. The minimum Gasteiger partial charge on any atom is -0.497 e. The number of nitrogens with zero attached hydrogens (tertiary/aromatic N) is 3. The Bertz CT molecular complexity index is 1270. The van der Waals surface area contributed by atoms with Gasteiger partial charge in [0.1, 0.15) is 17.5 Å². The minimum atomic E-state index is -0.162. The summed E-state index contributed by atoms with van der Waals surface area (Å²) in [7, 11) is 3.35. The minimum absolute atomic E-state index is 0.150. The van der Waals surface area contributed by atoms with E-state index in [2.05, 4.69) is 38.1 Å². The average molecular weight is 457 g/mol. The predicted molar refractivity (Wildman–Crippen MR) is 133 cm³/mol. The van der Waals surface area contributed by atoms with Crippen molar-refractivity contribution in [1.82, 2.24) is 14.9 Å². The number of thiocarbonyl (C=S) groups is 1. The summed E-state index contributed by atoms with van der Waals surface area (Å²) in [5.74, 6) is 1.56. The maximum atomic E-state index is 5.86. The number of methoxy groups -OCH3 is 2. The van der Waals surface area contributed by atoms with E-state index in [-0.39, 0.29) is 12.1 Å². The number of hydrogen-bond acceptors (Lipinski definition) is 4. The zero-order chi connectivity index (χ0) is 22.8. The molecule has 1 N–H and O–H groups in total. The van der Waals surface area contributed by atoms with Crippen LogP contribution in [0.3, 0.4) is 0 Å². The zero-order valence-corrected chi connectivity index (χ0v) is 19.2. The van der Waals surface area contributed by atoms with Crippen molar-refractivity contribution in [2.24, 2.45) is 0 Å². The van der Waals surface area contributed by atoms with Crippen LogP contribution in [0.15, 0.2) is 91.3 Å². The van der Waals surface area contributed by atoms with Gasteiger partial charge in [-0.3, -0.25) is 4.98 Å². The predicted octanol–water partition coefficient (Wildman–Crippen LogP) is 5.07. The molecule has 4 aromatic rings. The Hall–Kier alpha value is -3.84. The highest BCUT2D eigenvalue weighted by atomic mass is 32.1. The number of ether oxygens (including phenoxy) is 2. The van der Waals surface area contributed by atoms with Crippen molar-refractivity contribution in [3.63, 3.8) is 0 Å². The first-order valence-corrected chi connectivity index (χ1v) is 11.1. The van der Waals surface area contributed by atoms with Gasteiger partial charge in [0.05, 0.1) is 31.6 Å². The smallest absolute Gasteiger partial charge is 0.174 e. The number of rotatable bonds is 6. The van der Waals surface area contributed by atoms with Gasteiger partial charge >= 0.3 is 0 Å². The summed E-state index contributed by atoms with van der Waals surface area (Å²) >= 11 is 5.86. The van der Waals surface area contributed by atoms with E-state index in [1.807, 2.05) is 72.9 Å². The van der Waals surface area contributed by atoms with Gasteiger partial charge in [0, 0.05) is 29.8 Å². The van der Waals surface area contributed by atoms with Gasteiger partial charge in [-0.1, -0.05) is 24.3 Å². The Morgan fingerprint density at radius 1 is 0.909 bits per heavy atom. The van der Waals surface area contributed by atoms with Gasteiger partial charge < -0.3 is 24.3 Å². The van der Waals surface area contributed by atoms with E-state index in [1.165, 1.54) is 0 Å². The standard InChI is InChI=1S/C26H24N4O2S/c1-31-19-10-7-9-18(17-19)29-16-8-13-22(29)25-24(20-11-5-6-15-27-20)28-26(33)30(25)21-12-3-4-14-23(21)32-2/h3-17,24-25H,1-2H3,(H,28,33)/t24-,25-/m0/s1. The highest BCUT2D eigenvalue weighted by Gasteiger charge is 2.43. The number of pyridine rings is 1. The van der Waals surface area contributed by atoms with Crippen LogP contribution < -0.4 is 19.7 Å². The zero-order valence-electron chi connectivity index (χ0n) is 18.4. The lowest BCUT2D eigenvalue weighted by Gasteiger charge is -2.30. The maximum Gasteiger partial charge on any atom is 0.174 e. The Kier molecular flexibility index (Phi) is 5.71. The van der Waals surface area contributed by atoms with E-state index in [0.29, 0.717) is 5.11 Å². The molecular formula is C26H24N4O2S. The van der Waals surface area contributed by atoms with Crippen LogP contribution in [-0.2, 0) is 0 Å². The van der Waals surface area contributed by atoms with Crippen molar-refractivity contribution in [2.75, 3.05) is 19.1 Å². The molecule has 3 heterocycles. The summed E-state index contributed by atoms with van der Waals surface area (Å²) in [6, 6.07) is 25.7. The molecule has 0 radical (unpaired) electrons. The fourth-order valence-electron chi connectivity index (χ4n) is 4.37. The third kappa shape index (κ3) is 3.81. The van der Waals surface area contributed by atoms with Crippen LogP contribution in [0.25, 0.3) is 5.69 Å². The lowest BCUT2D eigenvalue weighted by molar-refractivity contribution is 0.413. The fourth-order valence-corrected chi connectivity index (χ4v) is 4.71. The molecule has 33 heavy (non-hydrogen) atoms. The van der Waals surface area contributed by atoms with Crippen LogP contribution in [0.4, 0.5) is 5.69 Å². The van der Waals surface area contributed by atoms with Crippen molar-refractivity contribution in [3.05, 3.63) is 103 Å². The first-order chi connectivity index (χ1) is 16.2. The Balaban J connectivity index is 1.69. The van der Waals surface area contributed by atoms with Gasteiger partial charge in [-0.05, 0) is 60.7 Å². The van der Waals surface area contributed by atoms with Crippen molar-refractivity contribution >= 4 is 23.0 Å². The highest BCUT2D eigenvalue weighted by molar-refractivity contribution is 7.80. The van der Waals surface area contributed by atoms with Crippen LogP contribution in [0.1, 0.15) is 23.5 Å². The van der Waals surface area contributed by atoms with Gasteiger partial charge in [0.15, 0.2) is 5.11 Å². The molecule has 2 aromatic heterocycles. The number of aromatic nitrogens is 2. The summed E-state index contributed by atoms with van der Waals surface area (Å²) < 4.78 is 13.3. The summed E-state index contributed by atoms with van der Waals surface area (Å²) in [4.78, 5) is 6.77. The number of para-hydroxylation sites is 2. The molecule has 2 aromatic carbocycles. The van der Waals surface area contributed by atoms with Gasteiger partial charge in [0.2, 0.25) is 0 Å². The molecule has 6 nitrogen and oxygen atoms in total.